The molecule has 0 aliphatic carbocycles. The molecule has 1 saturated heterocycles. The Balaban J connectivity index is 1.58. The van der Waals surface area contributed by atoms with E-state index in [0.29, 0.717) is 36.1 Å². The zero-order chi connectivity index (χ0) is 21.1. The smallest absolute Gasteiger partial charge is 0.243 e. The molecule has 0 spiro atoms. The molecule has 7 nitrogen and oxygen atoms in total. The summed E-state index contributed by atoms with van der Waals surface area (Å²) in [4.78, 5) is 29.4. The monoisotopic (exact) mass is 410 g/mol. The van der Waals surface area contributed by atoms with Crippen LogP contribution >= 0.6 is 0 Å². The number of hydrogen-bond acceptors (Lipinski definition) is 5. The van der Waals surface area contributed by atoms with Crippen LogP contribution in [0.1, 0.15) is 30.9 Å². The third-order valence-corrected chi connectivity index (χ3v) is 5.70. The van der Waals surface area contributed by atoms with E-state index >= 15 is 0 Å². The molecule has 2 aliphatic rings. The predicted molar refractivity (Wildman–Crippen MR) is 112 cm³/mol. The molecule has 2 aromatic carbocycles. The van der Waals surface area contributed by atoms with Crippen LogP contribution in [0.2, 0.25) is 0 Å². The highest BCUT2D eigenvalue weighted by Crippen LogP contribution is 2.39. The second-order valence-electron chi connectivity index (χ2n) is 7.40. The van der Waals surface area contributed by atoms with Gasteiger partial charge in [0.2, 0.25) is 11.8 Å². The fourth-order valence-corrected chi connectivity index (χ4v) is 4.20. The van der Waals surface area contributed by atoms with Crippen molar-refractivity contribution in [2.45, 2.75) is 25.3 Å². The molecule has 4 rings (SSSR count). The van der Waals surface area contributed by atoms with E-state index in [9.17, 15) is 9.59 Å². The lowest BCUT2D eigenvalue weighted by atomic mass is 10.0. The van der Waals surface area contributed by atoms with Gasteiger partial charge in [-0.05, 0) is 37.1 Å². The molecule has 2 aliphatic heterocycles. The van der Waals surface area contributed by atoms with Crippen LogP contribution in [0.25, 0.3) is 0 Å². The molecule has 1 unspecified atom stereocenters. The average Bonchev–Trinajstić information content (AvgIpc) is 3.21. The highest BCUT2D eigenvalue weighted by atomic mass is 16.5. The summed E-state index contributed by atoms with van der Waals surface area (Å²) in [5.74, 6) is 1.85. The fraction of sp³-hybridized carbons (Fsp3) is 0.391. The van der Waals surface area contributed by atoms with Crippen molar-refractivity contribution in [3.63, 3.8) is 0 Å². The molecular formula is C23H26N2O5. The highest BCUT2D eigenvalue weighted by Gasteiger charge is 2.34. The topological polar surface area (TPSA) is 68.3 Å². The Morgan fingerprint density at radius 2 is 2.00 bits per heavy atom. The molecule has 1 atom stereocenters. The lowest BCUT2D eigenvalue weighted by Crippen LogP contribution is -2.42. The Hall–Kier alpha value is -3.22. The summed E-state index contributed by atoms with van der Waals surface area (Å²) in [6, 6.07) is 12.9. The number of anilines is 1. The van der Waals surface area contributed by atoms with Gasteiger partial charge in [0.05, 0.1) is 39.0 Å². The predicted octanol–water partition coefficient (Wildman–Crippen LogP) is 3.18. The lowest BCUT2D eigenvalue weighted by molar-refractivity contribution is -0.132. The number of ether oxygens (including phenoxy) is 3. The number of fused-ring (bicyclic) bond motifs is 1. The van der Waals surface area contributed by atoms with Crippen LogP contribution in [0.4, 0.5) is 5.69 Å². The first-order valence-electron chi connectivity index (χ1n) is 10.2. The molecule has 30 heavy (non-hydrogen) atoms. The van der Waals surface area contributed by atoms with Crippen LogP contribution in [0.3, 0.4) is 0 Å². The summed E-state index contributed by atoms with van der Waals surface area (Å²) >= 11 is 0. The molecule has 0 radical (unpaired) electrons. The van der Waals surface area contributed by atoms with E-state index in [1.807, 2.05) is 47.4 Å². The Morgan fingerprint density at radius 3 is 2.80 bits per heavy atom. The maximum absolute atomic E-state index is 13.3. The van der Waals surface area contributed by atoms with Gasteiger partial charge in [0, 0.05) is 18.2 Å². The van der Waals surface area contributed by atoms with Crippen molar-refractivity contribution in [2.75, 3.05) is 38.8 Å². The minimum atomic E-state index is -0.105. The van der Waals surface area contributed by atoms with Gasteiger partial charge in [0.25, 0.3) is 0 Å². The summed E-state index contributed by atoms with van der Waals surface area (Å²) in [6.07, 6.45) is 2.00. The zero-order valence-corrected chi connectivity index (χ0v) is 17.3. The number of carbonyl (C=O) groups excluding carboxylic acids is 2. The summed E-state index contributed by atoms with van der Waals surface area (Å²) in [5, 5.41) is 0. The van der Waals surface area contributed by atoms with Crippen molar-refractivity contribution in [2.24, 2.45) is 0 Å². The van der Waals surface area contributed by atoms with Crippen molar-refractivity contribution in [1.29, 1.82) is 0 Å². The number of para-hydroxylation sites is 2. The van der Waals surface area contributed by atoms with Gasteiger partial charge in [-0.1, -0.05) is 12.1 Å². The molecule has 0 aromatic heterocycles. The van der Waals surface area contributed by atoms with Crippen LogP contribution in [-0.4, -0.2) is 50.6 Å². The number of likely N-dealkylation sites (tertiary alicyclic amines) is 1. The van der Waals surface area contributed by atoms with E-state index in [2.05, 4.69) is 0 Å². The molecule has 2 aromatic rings. The zero-order valence-electron chi connectivity index (χ0n) is 17.3. The molecule has 2 amide bonds. The quantitative estimate of drug-likeness (QED) is 0.757. The molecule has 158 valence electrons. The van der Waals surface area contributed by atoms with E-state index in [1.165, 1.54) is 0 Å². The van der Waals surface area contributed by atoms with Gasteiger partial charge in [0.15, 0.2) is 0 Å². The van der Waals surface area contributed by atoms with Crippen LogP contribution in [-0.2, 0) is 9.59 Å². The molecule has 0 saturated carbocycles. The van der Waals surface area contributed by atoms with Crippen LogP contribution in [0.5, 0.6) is 17.2 Å². The minimum absolute atomic E-state index is 0.00578. The number of methoxy groups -OCH3 is 2. The van der Waals surface area contributed by atoms with Crippen LogP contribution in [0.15, 0.2) is 42.5 Å². The molecular weight excluding hydrogens is 384 g/mol. The SMILES string of the molecule is COc1ccc(C2CCCN2C(=O)CN2C(=O)CCOc3ccccc32)c(OC)c1. The van der Waals surface area contributed by atoms with Gasteiger partial charge in [-0.3, -0.25) is 14.5 Å². The van der Waals surface area contributed by atoms with Crippen molar-refractivity contribution >= 4 is 17.5 Å². The third kappa shape index (κ3) is 3.79. The maximum Gasteiger partial charge on any atom is 0.243 e. The number of nitrogens with zero attached hydrogens (tertiary/aromatic N) is 2. The molecule has 0 N–H and O–H groups in total. The van der Waals surface area contributed by atoms with Crippen LogP contribution < -0.4 is 19.1 Å². The van der Waals surface area contributed by atoms with Gasteiger partial charge in [-0.15, -0.1) is 0 Å². The second-order valence-corrected chi connectivity index (χ2v) is 7.40. The Bertz CT molecular complexity index is 945. The lowest BCUT2D eigenvalue weighted by Gasteiger charge is -2.29. The van der Waals surface area contributed by atoms with Gasteiger partial charge in [0.1, 0.15) is 23.8 Å². The van der Waals surface area contributed by atoms with Crippen molar-refractivity contribution in [1.82, 2.24) is 4.90 Å². The summed E-state index contributed by atoms with van der Waals surface area (Å²) < 4.78 is 16.5. The highest BCUT2D eigenvalue weighted by molar-refractivity contribution is 6.00. The normalized spacial score (nSPS) is 18.5. The Labute approximate surface area is 176 Å². The largest absolute Gasteiger partial charge is 0.497 e. The first-order chi connectivity index (χ1) is 14.6. The van der Waals surface area contributed by atoms with E-state index in [4.69, 9.17) is 14.2 Å². The number of hydrogen-bond donors (Lipinski definition) is 0. The third-order valence-electron chi connectivity index (χ3n) is 5.70. The van der Waals surface area contributed by atoms with Gasteiger partial charge >= 0.3 is 0 Å². The molecule has 0 bridgehead atoms. The van der Waals surface area contributed by atoms with E-state index in [0.717, 1.165) is 18.4 Å². The fourth-order valence-electron chi connectivity index (χ4n) is 4.20. The Kier molecular flexibility index (Phi) is 5.79. The Morgan fingerprint density at radius 1 is 1.17 bits per heavy atom. The molecule has 2 heterocycles. The van der Waals surface area contributed by atoms with Crippen LogP contribution in [0, 0.1) is 0 Å². The maximum atomic E-state index is 13.3. The second kappa shape index (κ2) is 8.65. The minimum Gasteiger partial charge on any atom is -0.497 e. The summed E-state index contributed by atoms with van der Waals surface area (Å²) in [7, 11) is 3.23. The molecule has 7 heteroatoms. The number of amides is 2. The summed E-state index contributed by atoms with van der Waals surface area (Å²) in [5.41, 5.74) is 1.60. The van der Waals surface area contributed by atoms with Gasteiger partial charge in [-0.2, -0.15) is 0 Å². The van der Waals surface area contributed by atoms with E-state index < -0.39 is 0 Å². The standard InChI is InChI=1S/C23H26N2O5/c1-28-16-9-10-17(21(14-16)29-2)18-7-5-12-24(18)23(27)15-25-19-6-3-4-8-20(19)30-13-11-22(25)26/h3-4,6,8-10,14,18H,5,7,11-13,15H2,1-2H3. The number of rotatable bonds is 5. The van der Waals surface area contributed by atoms with Crippen molar-refractivity contribution in [3.05, 3.63) is 48.0 Å². The van der Waals surface area contributed by atoms with Gasteiger partial charge in [-0.25, -0.2) is 0 Å². The van der Waals surface area contributed by atoms with E-state index in [-0.39, 0.29) is 30.8 Å². The number of benzene rings is 2. The first-order valence-corrected chi connectivity index (χ1v) is 10.2. The molecule has 1 fully saturated rings. The van der Waals surface area contributed by atoms with Gasteiger partial charge < -0.3 is 19.1 Å². The first kappa shape index (κ1) is 20.1. The van der Waals surface area contributed by atoms with Crippen molar-refractivity contribution < 1.29 is 23.8 Å². The van der Waals surface area contributed by atoms with E-state index in [1.54, 1.807) is 19.1 Å². The van der Waals surface area contributed by atoms with Crippen molar-refractivity contribution in [3.8, 4) is 17.2 Å². The number of carbonyl (C=O) groups is 2. The average molecular weight is 410 g/mol. The summed E-state index contributed by atoms with van der Waals surface area (Å²) in [6.45, 7) is 0.961.